The average molecular weight is 505 g/mol. The molecule has 1 heterocycles. The molecule has 0 aliphatic heterocycles. The Morgan fingerprint density at radius 1 is 0.857 bits per heavy atom. The fourth-order valence-electron chi connectivity index (χ4n) is 2.86. The lowest BCUT2D eigenvalue weighted by Gasteiger charge is -2.09. The van der Waals surface area contributed by atoms with Crippen molar-refractivity contribution in [2.45, 2.75) is 37.5 Å². The first-order valence-electron chi connectivity index (χ1n) is 10.9. The number of carbonyl (C=O) groups excluding carboxylic acids is 4. The Morgan fingerprint density at radius 2 is 1.54 bits per heavy atom. The van der Waals surface area contributed by atoms with E-state index in [4.69, 9.17) is 0 Å². The Bertz CT molecular complexity index is 1150. The number of aromatic nitrogens is 1. The second-order valence-corrected chi connectivity index (χ2v) is 9.15. The van der Waals surface area contributed by atoms with Gasteiger partial charge >= 0.3 is 5.97 Å². The molecule has 0 bridgehead atoms. The van der Waals surface area contributed by atoms with Crippen molar-refractivity contribution >= 4 is 33.7 Å². The van der Waals surface area contributed by atoms with Crippen LogP contribution >= 0.6 is 0 Å². The summed E-state index contributed by atoms with van der Waals surface area (Å²) >= 11 is 0. The molecule has 0 aliphatic rings. The van der Waals surface area contributed by atoms with Gasteiger partial charge in [-0.1, -0.05) is 26.2 Å². The summed E-state index contributed by atoms with van der Waals surface area (Å²) in [5.41, 5.74) is 0.126. The lowest BCUT2D eigenvalue weighted by atomic mass is 10.2. The highest BCUT2D eigenvalue weighted by molar-refractivity contribution is 7.90. The maximum Gasteiger partial charge on any atom is 0.325 e. The SMILES string of the molecule is CCCCCCNC(=O)c1ccc(S(=O)(=O)NC(=O)c2ccc(C(=O)NCC(=O)OC)nc2)cc1. The van der Waals surface area contributed by atoms with Gasteiger partial charge < -0.3 is 15.4 Å². The van der Waals surface area contributed by atoms with E-state index in [2.05, 4.69) is 27.3 Å². The van der Waals surface area contributed by atoms with Crippen LogP contribution in [0.15, 0.2) is 47.5 Å². The van der Waals surface area contributed by atoms with E-state index in [-0.39, 0.29) is 28.6 Å². The topological polar surface area (TPSA) is 161 Å². The van der Waals surface area contributed by atoms with Gasteiger partial charge in [-0.2, -0.15) is 0 Å². The van der Waals surface area contributed by atoms with Crippen molar-refractivity contribution < 1.29 is 32.3 Å². The predicted octanol–water partition coefficient (Wildman–Crippen LogP) is 1.41. The number of sulfonamides is 1. The van der Waals surface area contributed by atoms with E-state index in [0.717, 1.165) is 31.9 Å². The van der Waals surface area contributed by atoms with Crippen molar-refractivity contribution in [3.8, 4) is 0 Å². The Balaban J connectivity index is 1.96. The van der Waals surface area contributed by atoms with Crippen LogP contribution < -0.4 is 15.4 Å². The second-order valence-electron chi connectivity index (χ2n) is 7.47. The molecule has 0 fully saturated rings. The number of pyridine rings is 1. The van der Waals surface area contributed by atoms with E-state index in [1.54, 1.807) is 0 Å². The summed E-state index contributed by atoms with van der Waals surface area (Å²) in [4.78, 5) is 51.2. The number of amides is 3. The van der Waals surface area contributed by atoms with Gasteiger partial charge in [0.2, 0.25) is 0 Å². The molecule has 0 atom stereocenters. The van der Waals surface area contributed by atoms with Gasteiger partial charge in [0.15, 0.2) is 0 Å². The highest BCUT2D eigenvalue weighted by Gasteiger charge is 2.20. The van der Waals surface area contributed by atoms with E-state index < -0.39 is 27.8 Å². The van der Waals surface area contributed by atoms with Crippen LogP contribution in [0.5, 0.6) is 0 Å². The molecule has 0 spiro atoms. The molecule has 2 aromatic rings. The van der Waals surface area contributed by atoms with E-state index in [9.17, 15) is 27.6 Å². The number of benzene rings is 1. The molecule has 188 valence electrons. The minimum Gasteiger partial charge on any atom is -0.468 e. The number of nitrogens with one attached hydrogen (secondary N) is 3. The lowest BCUT2D eigenvalue weighted by Crippen LogP contribution is -2.32. The minimum atomic E-state index is -4.21. The molecular weight excluding hydrogens is 476 g/mol. The molecule has 0 radical (unpaired) electrons. The summed E-state index contributed by atoms with van der Waals surface area (Å²) in [6, 6.07) is 7.62. The molecule has 2 rings (SSSR count). The third-order valence-corrected chi connectivity index (χ3v) is 6.20. The van der Waals surface area contributed by atoms with Gasteiger partial charge in [0, 0.05) is 18.3 Å². The van der Waals surface area contributed by atoms with Crippen LogP contribution in [0.1, 0.15) is 63.8 Å². The molecule has 3 N–H and O–H groups in total. The van der Waals surface area contributed by atoms with Crippen molar-refractivity contribution in [1.29, 1.82) is 0 Å². The summed E-state index contributed by atoms with van der Waals surface area (Å²) in [5.74, 6) is -2.57. The van der Waals surface area contributed by atoms with Crippen LogP contribution in [0.25, 0.3) is 0 Å². The zero-order valence-electron chi connectivity index (χ0n) is 19.5. The molecule has 1 aromatic heterocycles. The Hall–Kier alpha value is -3.80. The molecule has 0 aliphatic carbocycles. The number of nitrogens with zero attached hydrogens (tertiary/aromatic N) is 1. The summed E-state index contributed by atoms with van der Waals surface area (Å²) < 4.78 is 31.5. The summed E-state index contributed by atoms with van der Waals surface area (Å²) in [6.07, 6.45) is 5.12. The van der Waals surface area contributed by atoms with Crippen LogP contribution in [0.4, 0.5) is 0 Å². The fourth-order valence-corrected chi connectivity index (χ4v) is 3.83. The number of unbranched alkanes of at least 4 members (excludes halogenated alkanes) is 3. The lowest BCUT2D eigenvalue weighted by molar-refractivity contribution is -0.139. The molecule has 0 saturated carbocycles. The van der Waals surface area contributed by atoms with Crippen LogP contribution in [-0.2, 0) is 19.6 Å². The van der Waals surface area contributed by atoms with E-state index >= 15 is 0 Å². The quantitative estimate of drug-likeness (QED) is 0.289. The van der Waals surface area contributed by atoms with Crippen molar-refractivity contribution in [1.82, 2.24) is 20.3 Å². The second kappa shape index (κ2) is 13.2. The number of rotatable bonds is 12. The van der Waals surface area contributed by atoms with Gasteiger partial charge in [-0.15, -0.1) is 0 Å². The van der Waals surface area contributed by atoms with Crippen LogP contribution in [-0.4, -0.2) is 57.3 Å². The molecule has 35 heavy (non-hydrogen) atoms. The average Bonchev–Trinajstić information content (AvgIpc) is 2.86. The number of hydrogen-bond acceptors (Lipinski definition) is 8. The molecule has 3 amide bonds. The molecule has 12 heteroatoms. The Labute approximate surface area is 203 Å². The first-order valence-corrected chi connectivity index (χ1v) is 12.4. The van der Waals surface area contributed by atoms with Gasteiger partial charge in [-0.25, -0.2) is 13.1 Å². The summed E-state index contributed by atoms with van der Waals surface area (Å²) in [5, 5.41) is 5.07. The van der Waals surface area contributed by atoms with Gasteiger partial charge in [0.05, 0.1) is 17.6 Å². The number of hydrogen-bond donors (Lipinski definition) is 3. The molecular formula is C23H28N4O7S. The molecule has 0 saturated heterocycles. The normalized spacial score (nSPS) is 10.8. The van der Waals surface area contributed by atoms with Crippen molar-refractivity contribution in [3.63, 3.8) is 0 Å². The van der Waals surface area contributed by atoms with E-state index in [1.807, 2.05) is 4.72 Å². The smallest absolute Gasteiger partial charge is 0.325 e. The minimum absolute atomic E-state index is 0.0764. The Kier molecular flexibility index (Phi) is 10.3. The standard InChI is InChI=1S/C23H28N4O7S/c1-3-4-5-6-13-24-21(29)16-7-10-18(11-8-16)35(32,33)27-22(30)17-9-12-19(25-14-17)23(31)26-15-20(28)34-2/h7-12,14H,3-6,13,15H2,1-2H3,(H,24,29)(H,26,31)(H,27,30). The van der Waals surface area contributed by atoms with Gasteiger partial charge in [-0.05, 0) is 42.8 Å². The Morgan fingerprint density at radius 3 is 2.14 bits per heavy atom. The van der Waals surface area contributed by atoms with Gasteiger partial charge in [0.25, 0.3) is 27.7 Å². The molecule has 0 unspecified atom stereocenters. The zero-order valence-corrected chi connectivity index (χ0v) is 20.3. The van der Waals surface area contributed by atoms with Crippen LogP contribution in [0, 0.1) is 0 Å². The third-order valence-electron chi connectivity index (χ3n) is 4.85. The molecule has 1 aromatic carbocycles. The van der Waals surface area contributed by atoms with Gasteiger partial charge in [-0.3, -0.25) is 24.2 Å². The summed E-state index contributed by atoms with van der Waals surface area (Å²) in [6.45, 7) is 2.28. The maximum absolute atomic E-state index is 12.6. The fraction of sp³-hybridized carbons (Fsp3) is 0.348. The third kappa shape index (κ3) is 8.49. The first kappa shape index (κ1) is 27.4. The largest absolute Gasteiger partial charge is 0.468 e. The number of methoxy groups -OCH3 is 1. The molecule has 11 nitrogen and oxygen atoms in total. The summed E-state index contributed by atoms with van der Waals surface area (Å²) in [7, 11) is -3.04. The maximum atomic E-state index is 12.6. The number of esters is 1. The van der Waals surface area contributed by atoms with Crippen LogP contribution in [0.2, 0.25) is 0 Å². The predicted molar refractivity (Wildman–Crippen MR) is 126 cm³/mol. The number of carbonyl (C=O) groups is 4. The highest BCUT2D eigenvalue weighted by Crippen LogP contribution is 2.12. The monoisotopic (exact) mass is 504 g/mol. The van der Waals surface area contributed by atoms with Crippen molar-refractivity contribution in [2.24, 2.45) is 0 Å². The van der Waals surface area contributed by atoms with Crippen molar-refractivity contribution in [2.75, 3.05) is 20.2 Å². The first-order chi connectivity index (χ1) is 16.7. The highest BCUT2D eigenvalue weighted by atomic mass is 32.2. The van der Waals surface area contributed by atoms with E-state index in [1.165, 1.54) is 43.5 Å². The zero-order chi connectivity index (χ0) is 25.8. The van der Waals surface area contributed by atoms with Crippen LogP contribution in [0.3, 0.4) is 0 Å². The van der Waals surface area contributed by atoms with E-state index in [0.29, 0.717) is 12.1 Å². The number of ether oxygens (including phenoxy) is 1. The van der Waals surface area contributed by atoms with Crippen molar-refractivity contribution in [3.05, 3.63) is 59.4 Å². The van der Waals surface area contributed by atoms with Gasteiger partial charge in [0.1, 0.15) is 12.2 Å².